The number of benzene rings is 2. The molecule has 1 aliphatic heterocycles. The lowest BCUT2D eigenvalue weighted by molar-refractivity contribution is 0.0948. The van der Waals surface area contributed by atoms with E-state index in [1.807, 2.05) is 42.2 Å². The predicted octanol–water partition coefficient (Wildman–Crippen LogP) is 3.79. The monoisotopic (exact) mass is 332 g/mol. The predicted molar refractivity (Wildman–Crippen MR) is 97.7 cm³/mol. The van der Waals surface area contributed by atoms with E-state index in [-0.39, 0.29) is 11.6 Å². The van der Waals surface area contributed by atoms with Crippen LogP contribution < -0.4 is 5.32 Å². The largest absolute Gasteiger partial charge is 0.367 e. The van der Waals surface area contributed by atoms with Gasteiger partial charge in [0.25, 0.3) is 0 Å². The van der Waals surface area contributed by atoms with E-state index in [1.54, 1.807) is 18.2 Å². The average molecular weight is 332 g/mol. The van der Waals surface area contributed by atoms with Gasteiger partial charge in [-0.05, 0) is 31.9 Å². The van der Waals surface area contributed by atoms with Gasteiger partial charge in [-0.3, -0.25) is 9.59 Å². The number of rotatable bonds is 3. The highest BCUT2D eigenvalue weighted by atomic mass is 16.1. The third kappa shape index (κ3) is 2.74. The number of carbonyl (C=O) groups excluding carboxylic acids is 2. The first-order valence-electron chi connectivity index (χ1n) is 8.66. The molecule has 1 heterocycles. The highest BCUT2D eigenvalue weighted by molar-refractivity contribution is 6.27. The number of ketones is 2. The lowest BCUT2D eigenvalue weighted by atomic mass is 9.89. The van der Waals surface area contributed by atoms with Crippen LogP contribution in [-0.4, -0.2) is 29.6 Å². The molecule has 0 atom stereocenters. The summed E-state index contributed by atoms with van der Waals surface area (Å²) in [7, 11) is 0. The van der Waals surface area contributed by atoms with E-state index in [1.165, 1.54) is 0 Å². The number of fused-ring (bicyclic) bond motifs is 1. The van der Waals surface area contributed by atoms with E-state index in [0.717, 1.165) is 37.2 Å². The van der Waals surface area contributed by atoms with Gasteiger partial charge < -0.3 is 10.2 Å². The minimum atomic E-state index is -0.113. The molecule has 0 amide bonds. The number of aryl methyl sites for hydroxylation is 1. The van der Waals surface area contributed by atoms with Crippen molar-refractivity contribution in [1.29, 1.82) is 0 Å². The van der Waals surface area contributed by atoms with Crippen molar-refractivity contribution < 1.29 is 9.59 Å². The van der Waals surface area contributed by atoms with Crippen molar-refractivity contribution in [3.8, 4) is 0 Å². The lowest BCUT2D eigenvalue weighted by Crippen LogP contribution is -2.35. The Balaban J connectivity index is 1.82. The molecular weight excluding hydrogens is 312 g/mol. The van der Waals surface area contributed by atoms with Crippen molar-refractivity contribution in [1.82, 2.24) is 4.90 Å². The quantitative estimate of drug-likeness (QED) is 0.929. The van der Waals surface area contributed by atoms with Gasteiger partial charge in [0, 0.05) is 29.9 Å². The molecule has 0 saturated carbocycles. The second kappa shape index (κ2) is 6.20. The highest BCUT2D eigenvalue weighted by Crippen LogP contribution is 2.31. The second-order valence-corrected chi connectivity index (χ2v) is 6.61. The summed E-state index contributed by atoms with van der Waals surface area (Å²) in [5, 5.41) is 3.22. The molecule has 4 heteroatoms. The number of allylic oxidation sites excluding steroid dienone is 2. The number of nitrogens with one attached hydrogen (secondary N) is 1. The molecule has 0 unspecified atom stereocenters. The van der Waals surface area contributed by atoms with Gasteiger partial charge in [0.1, 0.15) is 11.4 Å². The van der Waals surface area contributed by atoms with Gasteiger partial charge in [0.2, 0.25) is 11.6 Å². The van der Waals surface area contributed by atoms with Crippen LogP contribution in [0.25, 0.3) is 0 Å². The number of carbonyl (C=O) groups is 2. The molecule has 2 aliphatic rings. The highest BCUT2D eigenvalue weighted by Gasteiger charge is 2.35. The van der Waals surface area contributed by atoms with Gasteiger partial charge in [-0.25, -0.2) is 0 Å². The fourth-order valence-electron chi connectivity index (χ4n) is 3.50. The molecule has 0 bridgehead atoms. The molecule has 1 aliphatic carbocycles. The molecule has 1 saturated heterocycles. The van der Waals surface area contributed by atoms with Crippen molar-refractivity contribution in [2.75, 3.05) is 18.4 Å². The topological polar surface area (TPSA) is 49.4 Å². The molecular formula is C21H20N2O2. The van der Waals surface area contributed by atoms with Crippen molar-refractivity contribution in [2.24, 2.45) is 0 Å². The molecule has 2 aromatic rings. The van der Waals surface area contributed by atoms with Gasteiger partial charge in [0.05, 0.1) is 0 Å². The Morgan fingerprint density at radius 3 is 2.08 bits per heavy atom. The fraction of sp³-hybridized carbons (Fsp3) is 0.238. The zero-order chi connectivity index (χ0) is 17.4. The second-order valence-electron chi connectivity index (χ2n) is 6.61. The van der Waals surface area contributed by atoms with E-state index >= 15 is 0 Å². The molecule has 126 valence electrons. The minimum absolute atomic E-state index is 0.0632. The number of likely N-dealkylation sites (tertiary alicyclic amines) is 1. The Hall–Kier alpha value is -2.88. The molecule has 1 fully saturated rings. The summed E-state index contributed by atoms with van der Waals surface area (Å²) < 4.78 is 0. The third-order valence-corrected chi connectivity index (χ3v) is 4.84. The third-order valence-electron chi connectivity index (χ3n) is 4.84. The summed E-state index contributed by atoms with van der Waals surface area (Å²) >= 11 is 0. The van der Waals surface area contributed by atoms with E-state index in [2.05, 4.69) is 5.32 Å². The van der Waals surface area contributed by atoms with Crippen molar-refractivity contribution in [3.05, 3.63) is 76.6 Å². The first-order chi connectivity index (χ1) is 12.1. The summed E-state index contributed by atoms with van der Waals surface area (Å²) in [6, 6.07) is 14.9. The van der Waals surface area contributed by atoms with Gasteiger partial charge in [0.15, 0.2) is 0 Å². The van der Waals surface area contributed by atoms with Crippen LogP contribution in [0.1, 0.15) is 39.1 Å². The van der Waals surface area contributed by atoms with Gasteiger partial charge in [-0.2, -0.15) is 0 Å². The normalized spacial score (nSPS) is 17.1. The van der Waals surface area contributed by atoms with Crippen LogP contribution in [0.4, 0.5) is 5.69 Å². The molecule has 0 aromatic heterocycles. The van der Waals surface area contributed by atoms with E-state index in [4.69, 9.17) is 0 Å². The van der Waals surface area contributed by atoms with Crippen LogP contribution in [0.2, 0.25) is 0 Å². The van der Waals surface area contributed by atoms with Crippen LogP contribution in [-0.2, 0) is 0 Å². The summed E-state index contributed by atoms with van der Waals surface area (Å²) in [5.74, 6) is -0.176. The van der Waals surface area contributed by atoms with Crippen LogP contribution in [0.3, 0.4) is 0 Å². The Kier molecular flexibility index (Phi) is 3.88. The summed E-state index contributed by atoms with van der Waals surface area (Å²) in [4.78, 5) is 28.3. The smallest absolute Gasteiger partial charge is 0.212 e. The fourth-order valence-corrected chi connectivity index (χ4v) is 3.50. The van der Waals surface area contributed by atoms with E-state index in [9.17, 15) is 9.59 Å². The van der Waals surface area contributed by atoms with Gasteiger partial charge >= 0.3 is 0 Å². The van der Waals surface area contributed by atoms with Gasteiger partial charge in [-0.15, -0.1) is 0 Å². The number of hydrogen-bond donors (Lipinski definition) is 1. The van der Waals surface area contributed by atoms with Crippen LogP contribution in [0, 0.1) is 6.92 Å². The number of nitrogens with zero attached hydrogens (tertiary/aromatic N) is 1. The molecule has 4 rings (SSSR count). The standard InChI is InChI=1S/C21H20N2O2/c1-14-8-10-15(11-9-14)22-18-19(23-12-4-5-13-23)21(25)17-7-3-2-6-16(17)20(18)24/h2-3,6-11,22H,4-5,12-13H2,1H3. The summed E-state index contributed by atoms with van der Waals surface area (Å²) in [6.07, 6.45) is 2.09. The molecule has 4 nitrogen and oxygen atoms in total. The van der Waals surface area contributed by atoms with E-state index in [0.29, 0.717) is 22.5 Å². The number of hydrogen-bond acceptors (Lipinski definition) is 4. The van der Waals surface area contributed by atoms with Crippen LogP contribution in [0.5, 0.6) is 0 Å². The molecule has 0 spiro atoms. The number of anilines is 1. The number of Topliss-reactive ketones (excluding diaryl/α,β-unsaturated/α-hetero) is 2. The maximum absolute atomic E-state index is 13.1. The van der Waals surface area contributed by atoms with Crippen molar-refractivity contribution >= 4 is 17.3 Å². The van der Waals surface area contributed by atoms with E-state index < -0.39 is 0 Å². The maximum atomic E-state index is 13.1. The average Bonchev–Trinajstić information content (AvgIpc) is 3.15. The Bertz CT molecular complexity index is 875. The lowest BCUT2D eigenvalue weighted by Gasteiger charge is -2.28. The molecule has 0 radical (unpaired) electrons. The summed E-state index contributed by atoms with van der Waals surface area (Å²) in [5.41, 5.74) is 3.86. The first kappa shape index (κ1) is 15.6. The van der Waals surface area contributed by atoms with Crippen molar-refractivity contribution in [2.45, 2.75) is 19.8 Å². The van der Waals surface area contributed by atoms with Crippen LogP contribution in [0.15, 0.2) is 59.9 Å². The van der Waals surface area contributed by atoms with Crippen molar-refractivity contribution in [3.63, 3.8) is 0 Å². The first-order valence-corrected chi connectivity index (χ1v) is 8.66. The van der Waals surface area contributed by atoms with Crippen LogP contribution >= 0.6 is 0 Å². The van der Waals surface area contributed by atoms with Gasteiger partial charge in [-0.1, -0.05) is 42.0 Å². The molecule has 2 aromatic carbocycles. The Labute approximate surface area is 147 Å². The minimum Gasteiger partial charge on any atom is -0.367 e. The maximum Gasteiger partial charge on any atom is 0.212 e. The Morgan fingerprint density at radius 2 is 1.44 bits per heavy atom. The zero-order valence-electron chi connectivity index (χ0n) is 14.2. The molecule has 25 heavy (non-hydrogen) atoms. The molecule has 1 N–H and O–H groups in total. The summed E-state index contributed by atoms with van der Waals surface area (Å²) in [6.45, 7) is 3.65. The SMILES string of the molecule is Cc1ccc(NC2=C(N3CCCC3)C(=O)c3ccccc3C2=O)cc1. The zero-order valence-corrected chi connectivity index (χ0v) is 14.2. The Morgan fingerprint density at radius 1 is 0.840 bits per heavy atom.